The standard InChI is InChI=1S/C23H24ClN5O5/c1-23(2)12-27(13-23)19(30)11-28-20-15(7-17(10-25-20)29(33)34)8-18(22(28)32)21(31)26-9-14-3-5-16(24)6-4-14/h3-8,10,33-34H,9,11-13H2,1-2H3,(H,26,31). The second kappa shape index (κ2) is 9.05. The molecular formula is C23H24ClN5O5. The SMILES string of the molecule is CC1(C)CN(C(=O)Cn2c(=O)c(C(=O)NCc3ccc(Cl)cc3)cc3cc(N(O)O)cnc32)C1. The Hall–Kier alpha value is -3.47. The van der Waals surface area contributed by atoms with Crippen molar-refractivity contribution in [2.24, 2.45) is 5.41 Å². The Morgan fingerprint density at radius 3 is 2.47 bits per heavy atom. The van der Waals surface area contributed by atoms with E-state index in [1.165, 1.54) is 12.1 Å². The van der Waals surface area contributed by atoms with Crippen LogP contribution in [0.15, 0.2) is 47.4 Å². The Morgan fingerprint density at radius 1 is 1.18 bits per heavy atom. The van der Waals surface area contributed by atoms with Crippen molar-refractivity contribution < 1.29 is 20.0 Å². The van der Waals surface area contributed by atoms with Crippen LogP contribution >= 0.6 is 11.6 Å². The quantitative estimate of drug-likeness (QED) is 0.457. The van der Waals surface area contributed by atoms with Crippen molar-refractivity contribution >= 4 is 40.1 Å². The molecule has 11 heteroatoms. The first kappa shape index (κ1) is 23.7. The summed E-state index contributed by atoms with van der Waals surface area (Å²) >= 11 is 5.89. The van der Waals surface area contributed by atoms with Crippen LogP contribution in [0.1, 0.15) is 29.8 Å². The lowest BCUT2D eigenvalue weighted by Gasteiger charge is -2.45. The molecule has 0 atom stereocenters. The van der Waals surface area contributed by atoms with Crippen molar-refractivity contribution in [3.63, 3.8) is 0 Å². The fraction of sp³-hybridized carbons (Fsp3) is 0.304. The molecule has 3 heterocycles. The molecule has 0 bridgehead atoms. The normalized spacial score (nSPS) is 14.6. The number of carbonyl (C=O) groups excluding carboxylic acids is 2. The van der Waals surface area contributed by atoms with Gasteiger partial charge in [-0.25, -0.2) is 4.98 Å². The summed E-state index contributed by atoms with van der Waals surface area (Å²) in [6, 6.07) is 9.56. The summed E-state index contributed by atoms with van der Waals surface area (Å²) in [5, 5.41) is 22.1. The summed E-state index contributed by atoms with van der Waals surface area (Å²) in [6.45, 7) is 5.10. The van der Waals surface area contributed by atoms with Crippen molar-refractivity contribution in [2.75, 3.05) is 18.3 Å². The molecule has 3 aromatic rings. The van der Waals surface area contributed by atoms with Gasteiger partial charge < -0.3 is 10.2 Å². The predicted molar refractivity (Wildman–Crippen MR) is 125 cm³/mol. The monoisotopic (exact) mass is 485 g/mol. The maximum Gasteiger partial charge on any atom is 0.265 e. The minimum absolute atomic E-state index is 0.0188. The van der Waals surface area contributed by atoms with Crippen molar-refractivity contribution in [3.05, 3.63) is 69.1 Å². The lowest BCUT2D eigenvalue weighted by molar-refractivity contribution is -0.142. The lowest BCUT2D eigenvalue weighted by Crippen LogP contribution is -2.56. The lowest BCUT2D eigenvalue weighted by atomic mass is 9.84. The minimum Gasteiger partial charge on any atom is -0.348 e. The largest absolute Gasteiger partial charge is 0.348 e. The second-order valence-corrected chi connectivity index (χ2v) is 9.50. The summed E-state index contributed by atoms with van der Waals surface area (Å²) in [5.41, 5.74) is 0.0258. The van der Waals surface area contributed by atoms with Gasteiger partial charge in [0.1, 0.15) is 23.4 Å². The fourth-order valence-electron chi connectivity index (χ4n) is 3.95. The Balaban J connectivity index is 1.68. The van der Waals surface area contributed by atoms with Gasteiger partial charge in [-0.2, -0.15) is 0 Å². The first-order chi connectivity index (χ1) is 16.0. The molecule has 2 aromatic heterocycles. The molecule has 4 rings (SSSR count). The number of hydrogen-bond donors (Lipinski definition) is 3. The number of pyridine rings is 2. The van der Waals surface area contributed by atoms with Gasteiger partial charge in [0.2, 0.25) is 5.91 Å². The van der Waals surface area contributed by atoms with E-state index in [0.29, 0.717) is 23.5 Å². The average Bonchev–Trinajstić information content (AvgIpc) is 2.77. The van der Waals surface area contributed by atoms with Crippen LogP contribution in [-0.4, -0.2) is 49.8 Å². The van der Waals surface area contributed by atoms with Crippen LogP contribution in [0, 0.1) is 5.41 Å². The van der Waals surface area contributed by atoms with Crippen LogP contribution in [0.5, 0.6) is 0 Å². The van der Waals surface area contributed by atoms with E-state index < -0.39 is 11.5 Å². The van der Waals surface area contributed by atoms with Gasteiger partial charge in [0.15, 0.2) is 0 Å². The van der Waals surface area contributed by atoms with E-state index in [-0.39, 0.29) is 46.5 Å². The van der Waals surface area contributed by atoms with Gasteiger partial charge >= 0.3 is 0 Å². The van der Waals surface area contributed by atoms with Crippen molar-refractivity contribution in [2.45, 2.75) is 26.9 Å². The van der Waals surface area contributed by atoms with Gasteiger partial charge in [-0.1, -0.05) is 37.6 Å². The van der Waals surface area contributed by atoms with E-state index in [4.69, 9.17) is 11.6 Å². The number of benzene rings is 1. The number of nitrogens with one attached hydrogen (secondary N) is 1. The molecule has 1 aliphatic rings. The third-order valence-electron chi connectivity index (χ3n) is 5.64. The maximum absolute atomic E-state index is 13.3. The van der Waals surface area contributed by atoms with Gasteiger partial charge in [-0.3, -0.25) is 29.4 Å². The molecule has 1 aromatic carbocycles. The molecular weight excluding hydrogens is 462 g/mol. The van der Waals surface area contributed by atoms with Gasteiger partial charge in [-0.05, 0) is 35.2 Å². The molecule has 34 heavy (non-hydrogen) atoms. The zero-order chi connectivity index (χ0) is 24.6. The number of fused-ring (bicyclic) bond motifs is 1. The van der Waals surface area contributed by atoms with Crippen LogP contribution in [0.25, 0.3) is 11.0 Å². The fourth-order valence-corrected chi connectivity index (χ4v) is 4.08. The molecule has 10 nitrogen and oxygen atoms in total. The van der Waals surface area contributed by atoms with Gasteiger partial charge in [0.05, 0.1) is 6.20 Å². The topological polar surface area (TPSA) is 128 Å². The van der Waals surface area contributed by atoms with Crippen molar-refractivity contribution in [1.82, 2.24) is 19.8 Å². The summed E-state index contributed by atoms with van der Waals surface area (Å²) < 4.78 is 1.14. The Kier molecular flexibility index (Phi) is 6.30. The number of amides is 2. The van der Waals surface area contributed by atoms with Crippen LogP contribution < -0.4 is 16.1 Å². The smallest absolute Gasteiger partial charge is 0.265 e. The van der Waals surface area contributed by atoms with Crippen molar-refractivity contribution in [3.8, 4) is 0 Å². The molecule has 3 N–H and O–H groups in total. The zero-order valence-corrected chi connectivity index (χ0v) is 19.4. The van der Waals surface area contributed by atoms with Crippen LogP contribution in [0.3, 0.4) is 0 Å². The number of hydrogen-bond acceptors (Lipinski definition) is 7. The predicted octanol–water partition coefficient (Wildman–Crippen LogP) is 2.43. The molecule has 178 valence electrons. The van der Waals surface area contributed by atoms with E-state index in [2.05, 4.69) is 10.3 Å². The molecule has 0 spiro atoms. The number of aromatic nitrogens is 2. The average molecular weight is 486 g/mol. The first-order valence-corrected chi connectivity index (χ1v) is 10.9. The van der Waals surface area contributed by atoms with E-state index >= 15 is 0 Å². The third-order valence-corrected chi connectivity index (χ3v) is 5.89. The number of anilines is 1. The van der Waals surface area contributed by atoms with Gasteiger partial charge in [0, 0.05) is 30.0 Å². The highest BCUT2D eigenvalue weighted by atomic mass is 35.5. The Labute approximate surface area is 199 Å². The molecule has 2 amide bonds. The molecule has 0 saturated carbocycles. The molecule has 0 unspecified atom stereocenters. The Morgan fingerprint density at radius 2 is 1.85 bits per heavy atom. The maximum atomic E-state index is 13.3. The molecule has 1 fully saturated rings. The highest BCUT2D eigenvalue weighted by Gasteiger charge is 2.37. The summed E-state index contributed by atoms with van der Waals surface area (Å²) in [5.74, 6) is -0.901. The molecule has 0 radical (unpaired) electrons. The minimum atomic E-state index is -0.667. The summed E-state index contributed by atoms with van der Waals surface area (Å²) in [7, 11) is 0. The second-order valence-electron chi connectivity index (χ2n) is 9.07. The van der Waals surface area contributed by atoms with Crippen LogP contribution in [0.2, 0.25) is 5.02 Å². The number of rotatable bonds is 6. The number of halogens is 1. The third kappa shape index (κ3) is 4.89. The van der Waals surface area contributed by atoms with Crippen LogP contribution in [0.4, 0.5) is 5.69 Å². The zero-order valence-electron chi connectivity index (χ0n) is 18.7. The Bertz CT molecular complexity index is 1310. The molecule has 0 aliphatic carbocycles. The molecule has 1 aliphatic heterocycles. The summed E-state index contributed by atoms with van der Waals surface area (Å²) in [4.78, 5) is 44.8. The van der Waals surface area contributed by atoms with E-state index in [1.54, 1.807) is 29.2 Å². The van der Waals surface area contributed by atoms with Crippen LogP contribution in [-0.2, 0) is 17.9 Å². The number of carbonyl (C=O) groups is 2. The number of nitrogens with zero attached hydrogens (tertiary/aromatic N) is 4. The van der Waals surface area contributed by atoms with E-state index in [9.17, 15) is 24.8 Å². The van der Waals surface area contributed by atoms with Crippen molar-refractivity contribution in [1.29, 1.82) is 0 Å². The van der Waals surface area contributed by atoms with E-state index in [0.717, 1.165) is 16.3 Å². The summed E-state index contributed by atoms with van der Waals surface area (Å²) in [6.07, 6.45) is 1.15. The highest BCUT2D eigenvalue weighted by molar-refractivity contribution is 6.30. The molecule has 1 saturated heterocycles. The van der Waals surface area contributed by atoms with E-state index in [1.807, 2.05) is 13.8 Å². The highest BCUT2D eigenvalue weighted by Crippen LogP contribution is 2.29. The van der Waals surface area contributed by atoms with Gasteiger partial charge in [0.25, 0.3) is 11.5 Å². The first-order valence-electron chi connectivity index (χ1n) is 10.6. The number of likely N-dealkylation sites (tertiary alicyclic amines) is 1. The van der Waals surface area contributed by atoms with Gasteiger partial charge in [-0.15, -0.1) is 5.23 Å².